The van der Waals surface area contributed by atoms with Crippen molar-refractivity contribution in [2.45, 2.75) is 58.7 Å². The Bertz CT molecular complexity index is 378. The molecule has 1 rings (SSSR count). The maximum atomic E-state index is 11.9. The molecule has 0 fully saturated rings. The van der Waals surface area contributed by atoms with Crippen LogP contribution in [0.4, 0.5) is 0 Å². The molecule has 0 aliphatic heterocycles. The van der Waals surface area contributed by atoms with Gasteiger partial charge >= 0.3 is 0 Å². The third-order valence-corrected chi connectivity index (χ3v) is 3.61. The summed E-state index contributed by atoms with van der Waals surface area (Å²) in [5, 5.41) is 6.33. The van der Waals surface area contributed by atoms with E-state index in [9.17, 15) is 4.79 Å². The molecule has 1 aromatic heterocycles. The molecule has 0 saturated heterocycles. The van der Waals surface area contributed by atoms with Crippen LogP contribution in [0.1, 0.15) is 51.6 Å². The molecule has 1 amide bonds. The third kappa shape index (κ3) is 4.71. The first-order valence-corrected chi connectivity index (χ1v) is 7.26. The summed E-state index contributed by atoms with van der Waals surface area (Å²) in [6, 6.07) is 2.74. The Morgan fingerprint density at radius 1 is 1.26 bits per heavy atom. The normalized spacial score (nSPS) is 12.7. The SMILES string of the molecule is CCC(CC)NC(=O)Cn1ccc(C(CC)NC)c1. The monoisotopic (exact) mass is 265 g/mol. The lowest BCUT2D eigenvalue weighted by molar-refractivity contribution is -0.122. The van der Waals surface area contributed by atoms with Crippen molar-refractivity contribution in [3.8, 4) is 0 Å². The van der Waals surface area contributed by atoms with Gasteiger partial charge in [-0.25, -0.2) is 0 Å². The first-order valence-electron chi connectivity index (χ1n) is 7.26. The van der Waals surface area contributed by atoms with Crippen molar-refractivity contribution in [1.82, 2.24) is 15.2 Å². The molecule has 4 heteroatoms. The second kappa shape index (κ2) is 8.00. The van der Waals surface area contributed by atoms with E-state index in [2.05, 4.69) is 43.7 Å². The number of hydrogen-bond donors (Lipinski definition) is 2. The molecule has 0 saturated carbocycles. The fourth-order valence-corrected chi connectivity index (χ4v) is 2.30. The lowest BCUT2D eigenvalue weighted by atomic mass is 10.1. The van der Waals surface area contributed by atoms with Crippen LogP contribution in [0, 0.1) is 0 Å². The Kier molecular flexibility index (Phi) is 6.64. The molecule has 19 heavy (non-hydrogen) atoms. The van der Waals surface area contributed by atoms with Crippen LogP contribution in [0.2, 0.25) is 0 Å². The average molecular weight is 265 g/mol. The van der Waals surface area contributed by atoms with E-state index >= 15 is 0 Å². The second-order valence-electron chi connectivity index (χ2n) is 4.95. The molecule has 1 aromatic rings. The quantitative estimate of drug-likeness (QED) is 0.758. The Labute approximate surface area is 116 Å². The van der Waals surface area contributed by atoms with Gasteiger partial charge in [0.05, 0.1) is 0 Å². The van der Waals surface area contributed by atoms with Gasteiger partial charge in [-0.1, -0.05) is 20.8 Å². The van der Waals surface area contributed by atoms with Gasteiger partial charge in [-0.3, -0.25) is 4.79 Å². The molecule has 0 aliphatic rings. The van der Waals surface area contributed by atoms with Crippen molar-refractivity contribution in [3.63, 3.8) is 0 Å². The Balaban J connectivity index is 2.56. The van der Waals surface area contributed by atoms with Gasteiger partial charge in [0.15, 0.2) is 0 Å². The number of nitrogens with zero attached hydrogens (tertiary/aromatic N) is 1. The van der Waals surface area contributed by atoms with Crippen LogP contribution in [0.15, 0.2) is 18.5 Å². The average Bonchev–Trinajstić information content (AvgIpc) is 2.85. The van der Waals surface area contributed by atoms with Gasteiger partial charge in [-0.05, 0) is 37.9 Å². The fraction of sp³-hybridized carbons (Fsp3) is 0.667. The molecule has 0 aromatic carbocycles. The molecule has 0 spiro atoms. The van der Waals surface area contributed by atoms with Crippen LogP contribution in [0.3, 0.4) is 0 Å². The molecule has 0 aliphatic carbocycles. The minimum absolute atomic E-state index is 0.0911. The zero-order chi connectivity index (χ0) is 14.3. The molecular formula is C15H27N3O. The Morgan fingerprint density at radius 2 is 1.95 bits per heavy atom. The summed E-state index contributed by atoms with van der Waals surface area (Å²) in [7, 11) is 1.96. The number of aromatic nitrogens is 1. The molecular weight excluding hydrogens is 238 g/mol. The zero-order valence-electron chi connectivity index (χ0n) is 12.6. The predicted octanol–water partition coefficient (Wildman–Crippen LogP) is 2.46. The molecule has 1 atom stereocenters. The molecule has 0 radical (unpaired) electrons. The van der Waals surface area contributed by atoms with Gasteiger partial charge in [-0.2, -0.15) is 0 Å². The van der Waals surface area contributed by atoms with Crippen molar-refractivity contribution in [2.24, 2.45) is 0 Å². The number of carbonyl (C=O) groups excluding carboxylic acids is 1. The van der Waals surface area contributed by atoms with Crippen LogP contribution in [0.5, 0.6) is 0 Å². The van der Waals surface area contributed by atoms with Crippen molar-refractivity contribution >= 4 is 5.91 Å². The minimum Gasteiger partial charge on any atom is -0.352 e. The predicted molar refractivity (Wildman–Crippen MR) is 79.0 cm³/mol. The van der Waals surface area contributed by atoms with Gasteiger partial charge in [-0.15, -0.1) is 0 Å². The van der Waals surface area contributed by atoms with E-state index in [4.69, 9.17) is 0 Å². The highest BCUT2D eigenvalue weighted by molar-refractivity contribution is 5.76. The van der Waals surface area contributed by atoms with E-state index < -0.39 is 0 Å². The van der Waals surface area contributed by atoms with E-state index in [1.807, 2.05) is 17.8 Å². The largest absolute Gasteiger partial charge is 0.352 e. The van der Waals surface area contributed by atoms with Crippen molar-refractivity contribution in [1.29, 1.82) is 0 Å². The van der Waals surface area contributed by atoms with Gasteiger partial charge in [0.2, 0.25) is 5.91 Å². The lowest BCUT2D eigenvalue weighted by Gasteiger charge is -2.15. The van der Waals surface area contributed by atoms with Gasteiger partial charge in [0.1, 0.15) is 6.54 Å². The number of rotatable bonds is 8. The number of carbonyl (C=O) groups is 1. The Hall–Kier alpha value is -1.29. The molecule has 1 unspecified atom stereocenters. The van der Waals surface area contributed by atoms with Crippen molar-refractivity contribution < 1.29 is 4.79 Å². The molecule has 0 bridgehead atoms. The standard InChI is InChI=1S/C15H27N3O/c1-5-13(6-2)17-15(19)11-18-9-8-12(10-18)14(7-3)16-4/h8-10,13-14,16H,5-7,11H2,1-4H3,(H,17,19). The van der Waals surface area contributed by atoms with Gasteiger partial charge < -0.3 is 15.2 Å². The van der Waals surface area contributed by atoms with Crippen LogP contribution in [-0.4, -0.2) is 23.6 Å². The number of nitrogens with one attached hydrogen (secondary N) is 2. The number of hydrogen-bond acceptors (Lipinski definition) is 2. The van der Waals surface area contributed by atoms with Gasteiger partial charge in [0, 0.05) is 24.5 Å². The van der Waals surface area contributed by atoms with Crippen molar-refractivity contribution in [3.05, 3.63) is 24.0 Å². The van der Waals surface area contributed by atoms with E-state index in [0.29, 0.717) is 18.6 Å². The smallest absolute Gasteiger partial charge is 0.240 e. The van der Waals surface area contributed by atoms with Crippen LogP contribution in [-0.2, 0) is 11.3 Å². The molecule has 4 nitrogen and oxygen atoms in total. The number of amides is 1. The molecule has 108 valence electrons. The Morgan fingerprint density at radius 3 is 2.47 bits per heavy atom. The summed E-state index contributed by atoms with van der Waals surface area (Å²) < 4.78 is 1.95. The maximum absolute atomic E-state index is 11.9. The van der Waals surface area contributed by atoms with E-state index in [1.54, 1.807) is 0 Å². The van der Waals surface area contributed by atoms with Crippen LogP contribution < -0.4 is 10.6 Å². The summed E-state index contributed by atoms with van der Waals surface area (Å²) >= 11 is 0. The zero-order valence-corrected chi connectivity index (χ0v) is 12.6. The summed E-state index contributed by atoms with van der Waals surface area (Å²) in [6.45, 7) is 6.75. The fourth-order valence-electron chi connectivity index (χ4n) is 2.30. The van der Waals surface area contributed by atoms with E-state index in [0.717, 1.165) is 19.3 Å². The highest BCUT2D eigenvalue weighted by atomic mass is 16.2. The maximum Gasteiger partial charge on any atom is 0.240 e. The lowest BCUT2D eigenvalue weighted by Crippen LogP contribution is -2.36. The summed E-state index contributed by atoms with van der Waals surface area (Å²) in [4.78, 5) is 11.9. The first-order chi connectivity index (χ1) is 9.14. The highest BCUT2D eigenvalue weighted by Gasteiger charge is 2.11. The van der Waals surface area contributed by atoms with Crippen molar-refractivity contribution in [2.75, 3.05) is 7.05 Å². The van der Waals surface area contributed by atoms with Gasteiger partial charge in [0.25, 0.3) is 0 Å². The topological polar surface area (TPSA) is 46.1 Å². The summed E-state index contributed by atoms with van der Waals surface area (Å²) in [5.41, 5.74) is 1.24. The van der Waals surface area contributed by atoms with E-state index in [-0.39, 0.29) is 5.91 Å². The summed E-state index contributed by atoms with van der Waals surface area (Å²) in [5.74, 6) is 0.0911. The molecule has 2 N–H and O–H groups in total. The van der Waals surface area contributed by atoms with Crippen LogP contribution >= 0.6 is 0 Å². The third-order valence-electron chi connectivity index (χ3n) is 3.61. The van der Waals surface area contributed by atoms with E-state index in [1.165, 1.54) is 5.56 Å². The molecule has 1 heterocycles. The first kappa shape index (κ1) is 15.8. The van der Waals surface area contributed by atoms with Crippen LogP contribution in [0.25, 0.3) is 0 Å². The summed E-state index contributed by atoms with van der Waals surface area (Å²) in [6.07, 6.45) is 7.03. The minimum atomic E-state index is 0.0911. The highest BCUT2D eigenvalue weighted by Crippen LogP contribution is 2.16. The second-order valence-corrected chi connectivity index (χ2v) is 4.95.